The molecule has 0 spiro atoms. The summed E-state index contributed by atoms with van der Waals surface area (Å²) in [6.07, 6.45) is -5.32. The molecule has 0 aliphatic rings. The Morgan fingerprint density at radius 2 is 0.583 bits per heavy atom. The van der Waals surface area contributed by atoms with Gasteiger partial charge in [-0.1, -0.05) is 0 Å². The van der Waals surface area contributed by atoms with Crippen LogP contribution in [-0.4, -0.2) is 115 Å². The highest BCUT2D eigenvalue weighted by Gasteiger charge is 2.14. The van der Waals surface area contributed by atoms with E-state index in [1.807, 2.05) is 9.80 Å². The van der Waals surface area contributed by atoms with Crippen LogP contribution in [0.4, 0.5) is 0 Å². The number of aliphatic hydroxyl groups excluding tert-OH is 4. The lowest BCUT2D eigenvalue weighted by Gasteiger charge is -2.28. The molecule has 0 amide bonds. The minimum atomic E-state index is -1.45. The quantitative estimate of drug-likeness (QED) is 0.137. The fraction of sp³-hybridized carbons (Fsp3) is 1.00. The third-order valence-corrected chi connectivity index (χ3v) is 3.55. The van der Waals surface area contributed by atoms with Crippen molar-refractivity contribution in [1.82, 2.24) is 9.80 Å². The standard InChI is InChI=1S/C14H32N2O8/c17-11(18)1-5-15(6-2-12(19)20)9-10-16(7-3-13(21)22)8-4-14(23)24/h11-14,17-24H,1-10H2. The second-order valence-corrected chi connectivity index (χ2v) is 5.76. The van der Waals surface area contributed by atoms with Crippen molar-refractivity contribution < 1.29 is 40.9 Å². The average molecular weight is 356 g/mol. The molecule has 0 saturated carbocycles. The van der Waals surface area contributed by atoms with Gasteiger partial charge < -0.3 is 50.7 Å². The summed E-state index contributed by atoms with van der Waals surface area (Å²) in [5.41, 5.74) is 0. The van der Waals surface area contributed by atoms with Gasteiger partial charge in [0.15, 0.2) is 25.2 Å². The lowest BCUT2D eigenvalue weighted by atomic mass is 10.2. The number of rotatable bonds is 15. The first-order valence-corrected chi connectivity index (χ1v) is 8.10. The zero-order valence-electron chi connectivity index (χ0n) is 13.9. The van der Waals surface area contributed by atoms with Gasteiger partial charge >= 0.3 is 0 Å². The highest BCUT2D eigenvalue weighted by Crippen LogP contribution is 2.03. The minimum absolute atomic E-state index is 0.117. The average Bonchev–Trinajstić information content (AvgIpc) is 2.47. The Balaban J connectivity index is 4.43. The highest BCUT2D eigenvalue weighted by molar-refractivity contribution is 4.66. The van der Waals surface area contributed by atoms with Crippen molar-refractivity contribution in [3.8, 4) is 0 Å². The Morgan fingerprint density at radius 1 is 0.375 bits per heavy atom. The van der Waals surface area contributed by atoms with Crippen molar-refractivity contribution >= 4 is 0 Å². The summed E-state index contributed by atoms with van der Waals surface area (Å²) in [5, 5.41) is 71.6. The normalized spacial score (nSPS) is 12.8. The van der Waals surface area contributed by atoms with Crippen LogP contribution >= 0.6 is 0 Å². The smallest absolute Gasteiger partial charge is 0.152 e. The van der Waals surface area contributed by atoms with Crippen LogP contribution in [-0.2, 0) is 0 Å². The second-order valence-electron chi connectivity index (χ2n) is 5.76. The Bertz CT molecular complexity index is 240. The fourth-order valence-electron chi connectivity index (χ4n) is 2.15. The highest BCUT2D eigenvalue weighted by atomic mass is 16.5. The third-order valence-electron chi connectivity index (χ3n) is 3.55. The van der Waals surface area contributed by atoms with Crippen LogP contribution < -0.4 is 0 Å². The molecule has 0 aromatic carbocycles. The Hall–Kier alpha value is -0.400. The van der Waals surface area contributed by atoms with Crippen LogP contribution in [0, 0.1) is 0 Å². The minimum Gasteiger partial charge on any atom is -0.368 e. The van der Waals surface area contributed by atoms with Gasteiger partial charge in [-0.15, -0.1) is 0 Å². The predicted octanol–water partition coefficient (Wildman–Crippen LogP) is -3.61. The maximum Gasteiger partial charge on any atom is 0.152 e. The molecule has 146 valence electrons. The van der Waals surface area contributed by atoms with Gasteiger partial charge in [-0.3, -0.25) is 0 Å². The van der Waals surface area contributed by atoms with Crippen molar-refractivity contribution in [2.24, 2.45) is 0 Å². The van der Waals surface area contributed by atoms with Gasteiger partial charge in [0.25, 0.3) is 0 Å². The molecule has 0 radical (unpaired) electrons. The molecule has 0 rings (SSSR count). The van der Waals surface area contributed by atoms with E-state index in [2.05, 4.69) is 0 Å². The van der Waals surface area contributed by atoms with E-state index >= 15 is 0 Å². The van der Waals surface area contributed by atoms with Crippen molar-refractivity contribution in [2.75, 3.05) is 39.3 Å². The van der Waals surface area contributed by atoms with Crippen molar-refractivity contribution in [3.05, 3.63) is 0 Å². The summed E-state index contributed by atoms with van der Waals surface area (Å²) in [7, 11) is 0. The van der Waals surface area contributed by atoms with Gasteiger partial charge in [0, 0.05) is 65.0 Å². The number of hydrogen-bond donors (Lipinski definition) is 8. The molecular weight excluding hydrogens is 324 g/mol. The SMILES string of the molecule is OC(O)CCN(CCC(O)O)CCN(CCC(O)O)CCC(O)O. The molecule has 0 bridgehead atoms. The van der Waals surface area contributed by atoms with Crippen LogP contribution in [0.5, 0.6) is 0 Å². The van der Waals surface area contributed by atoms with Crippen molar-refractivity contribution in [2.45, 2.75) is 50.8 Å². The third kappa shape index (κ3) is 15.1. The van der Waals surface area contributed by atoms with E-state index < -0.39 is 25.2 Å². The molecule has 0 fully saturated rings. The maximum absolute atomic E-state index is 8.96. The first-order valence-electron chi connectivity index (χ1n) is 8.10. The molecule has 0 heterocycles. The molecule has 0 aliphatic heterocycles. The molecule has 10 heteroatoms. The molecule has 0 atom stereocenters. The number of aliphatic hydroxyl groups is 8. The monoisotopic (exact) mass is 356 g/mol. The maximum atomic E-state index is 8.96. The second kappa shape index (κ2) is 13.8. The van der Waals surface area contributed by atoms with Crippen LogP contribution in [0.3, 0.4) is 0 Å². The van der Waals surface area contributed by atoms with Gasteiger partial charge in [-0.2, -0.15) is 0 Å². The van der Waals surface area contributed by atoms with E-state index in [0.29, 0.717) is 39.3 Å². The molecule has 0 aromatic heterocycles. The molecular formula is C14H32N2O8. The molecule has 8 N–H and O–H groups in total. The van der Waals surface area contributed by atoms with Crippen LogP contribution in [0.1, 0.15) is 25.7 Å². The predicted molar refractivity (Wildman–Crippen MR) is 84.3 cm³/mol. The van der Waals surface area contributed by atoms with E-state index in [-0.39, 0.29) is 25.7 Å². The van der Waals surface area contributed by atoms with Gasteiger partial charge in [-0.25, -0.2) is 0 Å². The zero-order chi connectivity index (χ0) is 18.5. The number of nitrogens with zero attached hydrogens (tertiary/aromatic N) is 2. The Kier molecular flexibility index (Phi) is 13.6. The van der Waals surface area contributed by atoms with Gasteiger partial charge in [0.1, 0.15) is 0 Å². The van der Waals surface area contributed by atoms with Gasteiger partial charge in [-0.05, 0) is 0 Å². The summed E-state index contributed by atoms with van der Waals surface area (Å²) in [6.45, 7) is 2.35. The van der Waals surface area contributed by atoms with E-state index in [1.54, 1.807) is 0 Å². The molecule has 0 aromatic rings. The zero-order valence-corrected chi connectivity index (χ0v) is 13.9. The molecule has 24 heavy (non-hydrogen) atoms. The largest absolute Gasteiger partial charge is 0.368 e. The molecule has 10 nitrogen and oxygen atoms in total. The molecule has 0 unspecified atom stereocenters. The van der Waals surface area contributed by atoms with Crippen molar-refractivity contribution in [3.63, 3.8) is 0 Å². The first kappa shape index (κ1) is 23.6. The summed E-state index contributed by atoms with van der Waals surface area (Å²) in [5.74, 6) is 0. The van der Waals surface area contributed by atoms with Crippen molar-refractivity contribution in [1.29, 1.82) is 0 Å². The summed E-state index contributed by atoms with van der Waals surface area (Å²) < 4.78 is 0. The van der Waals surface area contributed by atoms with Crippen LogP contribution in [0.15, 0.2) is 0 Å². The summed E-state index contributed by atoms with van der Waals surface area (Å²) in [4.78, 5) is 3.66. The van der Waals surface area contributed by atoms with E-state index in [0.717, 1.165) is 0 Å². The lowest BCUT2D eigenvalue weighted by Crippen LogP contribution is -2.39. The van der Waals surface area contributed by atoms with E-state index in [4.69, 9.17) is 40.9 Å². The van der Waals surface area contributed by atoms with E-state index in [9.17, 15) is 0 Å². The first-order chi connectivity index (χ1) is 11.2. The Morgan fingerprint density at radius 3 is 0.750 bits per heavy atom. The number of hydrogen-bond acceptors (Lipinski definition) is 10. The summed E-state index contributed by atoms with van der Waals surface area (Å²) >= 11 is 0. The molecule has 0 aliphatic carbocycles. The topological polar surface area (TPSA) is 168 Å². The Labute approximate surface area is 141 Å². The van der Waals surface area contributed by atoms with Crippen LogP contribution in [0.25, 0.3) is 0 Å². The summed E-state index contributed by atoms with van der Waals surface area (Å²) in [6, 6.07) is 0. The van der Waals surface area contributed by atoms with E-state index in [1.165, 1.54) is 0 Å². The lowest BCUT2D eigenvalue weighted by molar-refractivity contribution is -0.0651. The van der Waals surface area contributed by atoms with Gasteiger partial charge in [0.05, 0.1) is 0 Å². The van der Waals surface area contributed by atoms with Crippen LogP contribution in [0.2, 0.25) is 0 Å². The fourth-order valence-corrected chi connectivity index (χ4v) is 2.15. The molecule has 0 saturated heterocycles. The van der Waals surface area contributed by atoms with Gasteiger partial charge in [0.2, 0.25) is 0 Å².